The number of hydrogen-bond donors (Lipinski definition) is 2. The normalized spacial score (nSPS) is 15.9. The van der Waals surface area contributed by atoms with Gasteiger partial charge in [0, 0.05) is 38.8 Å². The summed E-state index contributed by atoms with van der Waals surface area (Å²) in [5.41, 5.74) is -0.366. The molecule has 0 aliphatic carbocycles. The van der Waals surface area contributed by atoms with Gasteiger partial charge in [0.25, 0.3) is 0 Å². The zero-order valence-electron chi connectivity index (χ0n) is 14.7. The Morgan fingerprint density at radius 2 is 2.04 bits per heavy atom. The smallest absolute Gasteiger partial charge is 0.379 e. The van der Waals surface area contributed by atoms with Gasteiger partial charge in [-0.05, 0) is 18.2 Å². The molecule has 5 nitrogen and oxygen atoms in total. The molecule has 1 aliphatic heterocycles. The molecule has 2 rings (SSSR count). The second-order valence-electron chi connectivity index (χ2n) is 5.69. The number of ether oxygens (including phenoxy) is 1. The fourth-order valence-electron chi connectivity index (χ4n) is 2.43. The van der Waals surface area contributed by atoms with Crippen LogP contribution in [-0.4, -0.2) is 63.8 Å². The van der Waals surface area contributed by atoms with Gasteiger partial charge in [-0.1, -0.05) is 17.9 Å². The Hall–Kier alpha value is -2.24. The Kier molecular flexibility index (Phi) is 7.75. The van der Waals surface area contributed by atoms with Crippen molar-refractivity contribution >= 4 is 5.96 Å². The number of nitrogens with one attached hydrogen (secondary N) is 2. The van der Waals surface area contributed by atoms with Gasteiger partial charge in [0.2, 0.25) is 0 Å². The second-order valence-corrected chi connectivity index (χ2v) is 5.69. The van der Waals surface area contributed by atoms with E-state index in [9.17, 15) is 13.2 Å². The highest BCUT2D eigenvalue weighted by atomic mass is 19.4. The van der Waals surface area contributed by atoms with Gasteiger partial charge in [-0.2, -0.15) is 13.2 Å². The van der Waals surface area contributed by atoms with E-state index in [2.05, 4.69) is 32.4 Å². The molecule has 1 saturated heterocycles. The molecule has 0 unspecified atom stereocenters. The van der Waals surface area contributed by atoms with Gasteiger partial charge in [0.15, 0.2) is 5.96 Å². The summed E-state index contributed by atoms with van der Waals surface area (Å²) >= 11 is 0. The Bertz CT molecular complexity index is 658. The summed E-state index contributed by atoms with van der Waals surface area (Å²) in [6.45, 7) is 5.29. The fourth-order valence-corrected chi connectivity index (χ4v) is 2.43. The van der Waals surface area contributed by atoms with Gasteiger partial charge in [-0.25, -0.2) is 0 Å². The minimum Gasteiger partial charge on any atom is -0.379 e. The van der Waals surface area contributed by atoms with Crippen molar-refractivity contribution in [2.24, 2.45) is 4.99 Å². The second kappa shape index (κ2) is 10.0. The van der Waals surface area contributed by atoms with Crippen molar-refractivity contribution in [3.8, 4) is 11.8 Å². The molecule has 26 heavy (non-hydrogen) atoms. The average molecular weight is 368 g/mol. The quantitative estimate of drug-likeness (QED) is 0.481. The van der Waals surface area contributed by atoms with E-state index < -0.39 is 11.7 Å². The zero-order chi connectivity index (χ0) is 18.8. The number of morpholine rings is 1. The average Bonchev–Trinajstić information content (AvgIpc) is 2.64. The summed E-state index contributed by atoms with van der Waals surface area (Å²) in [4.78, 5) is 6.40. The number of guanidine groups is 1. The third-order valence-electron chi connectivity index (χ3n) is 3.81. The van der Waals surface area contributed by atoms with Crippen LogP contribution in [0.1, 0.15) is 11.1 Å². The predicted octanol–water partition coefficient (Wildman–Crippen LogP) is 1.55. The number of aliphatic imine (C=N–C) groups is 1. The molecule has 0 bridgehead atoms. The summed E-state index contributed by atoms with van der Waals surface area (Å²) in [5, 5.41) is 6.21. The molecule has 1 heterocycles. The van der Waals surface area contributed by atoms with Crippen LogP contribution < -0.4 is 10.6 Å². The highest BCUT2D eigenvalue weighted by molar-refractivity contribution is 5.79. The molecule has 1 aliphatic rings. The number of rotatable bonds is 4. The third-order valence-corrected chi connectivity index (χ3v) is 3.81. The molecule has 0 spiro atoms. The number of halogens is 3. The topological polar surface area (TPSA) is 48.9 Å². The maximum Gasteiger partial charge on any atom is 0.416 e. The molecule has 8 heteroatoms. The fraction of sp³-hybridized carbons (Fsp3) is 0.500. The third kappa shape index (κ3) is 6.94. The van der Waals surface area contributed by atoms with Crippen molar-refractivity contribution < 1.29 is 17.9 Å². The lowest BCUT2D eigenvalue weighted by atomic mass is 10.1. The van der Waals surface area contributed by atoms with E-state index in [0.717, 1.165) is 51.5 Å². The molecule has 0 radical (unpaired) electrons. The Morgan fingerprint density at radius 3 is 2.73 bits per heavy atom. The molecule has 0 atom stereocenters. The monoisotopic (exact) mass is 368 g/mol. The van der Waals surface area contributed by atoms with Crippen LogP contribution in [0.3, 0.4) is 0 Å². The van der Waals surface area contributed by atoms with Crippen molar-refractivity contribution in [1.29, 1.82) is 0 Å². The molecular weight excluding hydrogens is 345 g/mol. The Morgan fingerprint density at radius 1 is 1.27 bits per heavy atom. The van der Waals surface area contributed by atoms with E-state index in [1.165, 1.54) is 6.07 Å². The lowest BCUT2D eigenvalue weighted by Crippen LogP contribution is -2.44. The largest absolute Gasteiger partial charge is 0.416 e. The Labute approximate surface area is 151 Å². The van der Waals surface area contributed by atoms with Crippen molar-refractivity contribution in [2.75, 3.05) is 53.0 Å². The first kappa shape index (κ1) is 20.1. The van der Waals surface area contributed by atoms with Crippen molar-refractivity contribution in [1.82, 2.24) is 15.5 Å². The molecule has 142 valence electrons. The molecule has 1 fully saturated rings. The molecule has 0 aromatic heterocycles. The zero-order valence-corrected chi connectivity index (χ0v) is 14.7. The van der Waals surface area contributed by atoms with Gasteiger partial charge in [0.1, 0.15) is 0 Å². The molecule has 1 aromatic rings. The van der Waals surface area contributed by atoms with E-state index in [1.54, 1.807) is 13.1 Å². The lowest BCUT2D eigenvalue weighted by Gasteiger charge is -2.26. The SMILES string of the molecule is CN=C(NCC#Cc1cccc(C(F)(F)F)c1)NCCN1CCOCC1. The standard InChI is InChI=1S/C18H23F3N4O/c1-22-17(24-8-9-25-10-12-26-13-11-25)23-7-3-5-15-4-2-6-16(14-15)18(19,20)21/h2,4,6,14H,7-13H2,1H3,(H2,22,23,24). The van der Waals surface area contributed by atoms with Crippen LogP contribution in [0.4, 0.5) is 13.2 Å². The highest BCUT2D eigenvalue weighted by Crippen LogP contribution is 2.29. The van der Waals surface area contributed by atoms with Crippen LogP contribution in [0.15, 0.2) is 29.3 Å². The van der Waals surface area contributed by atoms with E-state index in [1.807, 2.05) is 0 Å². The highest BCUT2D eigenvalue weighted by Gasteiger charge is 2.30. The summed E-state index contributed by atoms with van der Waals surface area (Å²) in [7, 11) is 1.66. The molecule has 0 amide bonds. The van der Waals surface area contributed by atoms with Crippen molar-refractivity contribution in [2.45, 2.75) is 6.18 Å². The van der Waals surface area contributed by atoms with E-state index >= 15 is 0 Å². The summed E-state index contributed by atoms with van der Waals surface area (Å²) < 4.78 is 43.3. The molecular formula is C18H23F3N4O. The van der Waals surface area contributed by atoms with E-state index in [-0.39, 0.29) is 6.54 Å². The Balaban J connectivity index is 1.75. The number of alkyl halides is 3. The van der Waals surface area contributed by atoms with Crippen molar-refractivity contribution in [3.63, 3.8) is 0 Å². The summed E-state index contributed by atoms with van der Waals surface area (Å²) in [6.07, 6.45) is -4.36. The number of hydrogen-bond acceptors (Lipinski definition) is 3. The number of nitrogens with zero attached hydrogens (tertiary/aromatic N) is 2. The van der Waals surface area contributed by atoms with Crippen LogP contribution in [0, 0.1) is 11.8 Å². The number of benzene rings is 1. The van der Waals surface area contributed by atoms with Crippen LogP contribution in [0.25, 0.3) is 0 Å². The minimum atomic E-state index is -4.36. The van der Waals surface area contributed by atoms with E-state index in [4.69, 9.17) is 4.74 Å². The first-order valence-electron chi connectivity index (χ1n) is 8.40. The molecule has 1 aromatic carbocycles. The molecule has 2 N–H and O–H groups in total. The first-order chi connectivity index (χ1) is 12.5. The van der Waals surface area contributed by atoms with Crippen LogP contribution in [0.5, 0.6) is 0 Å². The van der Waals surface area contributed by atoms with Crippen LogP contribution >= 0.6 is 0 Å². The van der Waals surface area contributed by atoms with E-state index in [0.29, 0.717) is 11.5 Å². The van der Waals surface area contributed by atoms with Gasteiger partial charge in [-0.15, -0.1) is 0 Å². The maximum atomic E-state index is 12.7. The van der Waals surface area contributed by atoms with Gasteiger partial charge in [0.05, 0.1) is 25.3 Å². The molecule has 0 saturated carbocycles. The summed E-state index contributed by atoms with van der Waals surface area (Å²) in [5.74, 6) is 6.14. The first-order valence-corrected chi connectivity index (χ1v) is 8.40. The minimum absolute atomic E-state index is 0.285. The van der Waals surface area contributed by atoms with Crippen LogP contribution in [0.2, 0.25) is 0 Å². The van der Waals surface area contributed by atoms with Gasteiger partial charge >= 0.3 is 6.18 Å². The van der Waals surface area contributed by atoms with Gasteiger partial charge in [-0.3, -0.25) is 9.89 Å². The van der Waals surface area contributed by atoms with Crippen LogP contribution in [-0.2, 0) is 10.9 Å². The van der Waals surface area contributed by atoms with Gasteiger partial charge < -0.3 is 15.4 Å². The lowest BCUT2D eigenvalue weighted by molar-refractivity contribution is -0.137. The summed E-state index contributed by atoms with van der Waals surface area (Å²) in [6, 6.07) is 4.98. The predicted molar refractivity (Wildman–Crippen MR) is 94.9 cm³/mol. The van der Waals surface area contributed by atoms with Crippen molar-refractivity contribution in [3.05, 3.63) is 35.4 Å². The maximum absolute atomic E-state index is 12.7.